The molecule has 0 aromatic heterocycles. The summed E-state index contributed by atoms with van der Waals surface area (Å²) < 4.78 is 0. The fourth-order valence-electron chi connectivity index (χ4n) is 2.98. The topological polar surface area (TPSA) is 15.3 Å². The molecule has 1 aliphatic heterocycles. The molecule has 0 radical (unpaired) electrons. The van der Waals surface area contributed by atoms with Gasteiger partial charge in [0.1, 0.15) is 0 Å². The van der Waals surface area contributed by atoms with Gasteiger partial charge in [0.05, 0.1) is 0 Å². The SMILES string of the molecule is c1ccc(N(CC2CC2)c2ccc(C3CNC3)cc2)cc1. The lowest BCUT2D eigenvalue weighted by molar-refractivity contribution is 0.448. The highest BCUT2D eigenvalue weighted by molar-refractivity contribution is 5.63. The van der Waals surface area contributed by atoms with Gasteiger partial charge in [0.25, 0.3) is 0 Å². The molecule has 1 saturated carbocycles. The summed E-state index contributed by atoms with van der Waals surface area (Å²) >= 11 is 0. The number of rotatable bonds is 5. The zero-order valence-corrected chi connectivity index (χ0v) is 12.3. The highest BCUT2D eigenvalue weighted by Crippen LogP contribution is 2.35. The van der Waals surface area contributed by atoms with Crippen molar-refractivity contribution >= 4 is 11.4 Å². The molecule has 0 spiro atoms. The third-order valence-corrected chi connectivity index (χ3v) is 4.66. The van der Waals surface area contributed by atoms with E-state index in [1.807, 2.05) is 0 Å². The van der Waals surface area contributed by atoms with E-state index in [0.717, 1.165) is 25.6 Å². The Balaban J connectivity index is 1.59. The second kappa shape index (κ2) is 5.53. The zero-order valence-electron chi connectivity index (χ0n) is 12.3. The van der Waals surface area contributed by atoms with Crippen molar-refractivity contribution in [3.05, 3.63) is 60.2 Å². The van der Waals surface area contributed by atoms with E-state index >= 15 is 0 Å². The Morgan fingerprint density at radius 2 is 1.52 bits per heavy atom. The Kier molecular flexibility index (Phi) is 3.40. The average Bonchev–Trinajstić information content (AvgIpc) is 3.29. The predicted molar refractivity (Wildman–Crippen MR) is 88.2 cm³/mol. The molecule has 0 amide bonds. The first-order valence-electron chi connectivity index (χ1n) is 8.03. The smallest absolute Gasteiger partial charge is 0.0411 e. The number of benzene rings is 2. The molecule has 1 heterocycles. The first-order valence-corrected chi connectivity index (χ1v) is 8.03. The minimum atomic E-state index is 0.715. The van der Waals surface area contributed by atoms with Gasteiger partial charge in [-0.25, -0.2) is 0 Å². The molecule has 2 nitrogen and oxygen atoms in total. The molecule has 1 N–H and O–H groups in total. The largest absolute Gasteiger partial charge is 0.341 e. The van der Waals surface area contributed by atoms with Gasteiger partial charge in [-0.2, -0.15) is 0 Å². The summed E-state index contributed by atoms with van der Waals surface area (Å²) in [6, 6.07) is 20.0. The number of hydrogen-bond acceptors (Lipinski definition) is 2. The van der Waals surface area contributed by atoms with Gasteiger partial charge in [-0.15, -0.1) is 0 Å². The van der Waals surface area contributed by atoms with Crippen molar-refractivity contribution in [3.63, 3.8) is 0 Å². The maximum absolute atomic E-state index is 3.35. The van der Waals surface area contributed by atoms with E-state index in [4.69, 9.17) is 0 Å². The van der Waals surface area contributed by atoms with Gasteiger partial charge in [0.2, 0.25) is 0 Å². The average molecular weight is 278 g/mol. The van der Waals surface area contributed by atoms with E-state index < -0.39 is 0 Å². The number of para-hydroxylation sites is 1. The van der Waals surface area contributed by atoms with E-state index in [2.05, 4.69) is 64.8 Å². The monoisotopic (exact) mass is 278 g/mol. The van der Waals surface area contributed by atoms with Crippen molar-refractivity contribution in [2.45, 2.75) is 18.8 Å². The molecule has 2 fully saturated rings. The van der Waals surface area contributed by atoms with Gasteiger partial charge in [-0.05, 0) is 48.6 Å². The minimum absolute atomic E-state index is 0.715. The molecule has 0 unspecified atom stereocenters. The Bertz CT molecular complexity index is 583. The highest BCUT2D eigenvalue weighted by atomic mass is 15.1. The van der Waals surface area contributed by atoms with Crippen molar-refractivity contribution in [2.75, 3.05) is 24.5 Å². The lowest BCUT2D eigenvalue weighted by Crippen LogP contribution is -2.39. The fourth-order valence-corrected chi connectivity index (χ4v) is 2.98. The van der Waals surface area contributed by atoms with E-state index in [9.17, 15) is 0 Å². The van der Waals surface area contributed by atoms with E-state index in [1.165, 1.54) is 29.8 Å². The molecule has 1 aliphatic carbocycles. The van der Waals surface area contributed by atoms with Crippen LogP contribution in [0, 0.1) is 5.92 Å². The molecular formula is C19H22N2. The number of anilines is 2. The van der Waals surface area contributed by atoms with Crippen LogP contribution in [0.5, 0.6) is 0 Å². The predicted octanol–water partition coefficient (Wildman–Crippen LogP) is 3.92. The summed E-state index contributed by atoms with van der Waals surface area (Å²) in [5, 5.41) is 3.35. The van der Waals surface area contributed by atoms with Gasteiger partial charge < -0.3 is 10.2 Å². The lowest BCUT2D eigenvalue weighted by atomic mass is 9.93. The van der Waals surface area contributed by atoms with E-state index in [0.29, 0.717) is 5.92 Å². The third kappa shape index (κ3) is 2.81. The standard InChI is InChI=1S/C19H22N2/c1-2-4-18(5-3-1)21(14-15-6-7-15)19-10-8-16(9-11-19)17-12-20-13-17/h1-5,8-11,15,17,20H,6-7,12-14H2. The summed E-state index contributed by atoms with van der Waals surface area (Å²) in [6.07, 6.45) is 2.77. The summed E-state index contributed by atoms with van der Waals surface area (Å²) in [6.45, 7) is 3.40. The summed E-state index contributed by atoms with van der Waals surface area (Å²) in [7, 11) is 0. The van der Waals surface area contributed by atoms with Crippen LogP contribution < -0.4 is 10.2 Å². The van der Waals surface area contributed by atoms with Crippen molar-refractivity contribution in [1.29, 1.82) is 0 Å². The Labute approximate surface area is 126 Å². The van der Waals surface area contributed by atoms with Crippen LogP contribution in [-0.4, -0.2) is 19.6 Å². The van der Waals surface area contributed by atoms with Gasteiger partial charge >= 0.3 is 0 Å². The summed E-state index contributed by atoms with van der Waals surface area (Å²) in [4.78, 5) is 2.47. The number of nitrogens with one attached hydrogen (secondary N) is 1. The van der Waals surface area contributed by atoms with E-state index in [-0.39, 0.29) is 0 Å². The molecule has 2 heteroatoms. The molecular weight excluding hydrogens is 256 g/mol. The molecule has 0 bridgehead atoms. The zero-order chi connectivity index (χ0) is 14.1. The van der Waals surface area contributed by atoms with Crippen LogP contribution in [0.2, 0.25) is 0 Å². The van der Waals surface area contributed by atoms with Crippen LogP contribution in [0.3, 0.4) is 0 Å². The molecule has 21 heavy (non-hydrogen) atoms. The van der Waals surface area contributed by atoms with Gasteiger partial charge in [0, 0.05) is 36.9 Å². The first-order chi connectivity index (χ1) is 10.4. The van der Waals surface area contributed by atoms with E-state index in [1.54, 1.807) is 0 Å². The van der Waals surface area contributed by atoms with Gasteiger partial charge in [0.15, 0.2) is 0 Å². The van der Waals surface area contributed by atoms with Gasteiger partial charge in [-0.1, -0.05) is 30.3 Å². The maximum atomic E-state index is 3.35. The van der Waals surface area contributed by atoms with Crippen molar-refractivity contribution < 1.29 is 0 Å². The van der Waals surface area contributed by atoms with Gasteiger partial charge in [-0.3, -0.25) is 0 Å². The van der Waals surface area contributed by atoms with Crippen LogP contribution in [0.4, 0.5) is 11.4 Å². The second-order valence-electron chi connectivity index (χ2n) is 6.34. The van der Waals surface area contributed by atoms with Crippen LogP contribution in [0.15, 0.2) is 54.6 Å². The molecule has 2 aromatic rings. The summed E-state index contributed by atoms with van der Waals surface area (Å²) in [5.74, 6) is 1.59. The van der Waals surface area contributed by atoms with Crippen molar-refractivity contribution in [2.24, 2.45) is 5.92 Å². The maximum Gasteiger partial charge on any atom is 0.0411 e. The molecule has 2 aromatic carbocycles. The second-order valence-corrected chi connectivity index (χ2v) is 6.34. The van der Waals surface area contributed by atoms with Crippen molar-refractivity contribution in [1.82, 2.24) is 5.32 Å². The molecule has 2 aliphatic rings. The fraction of sp³-hybridized carbons (Fsp3) is 0.368. The first kappa shape index (κ1) is 12.9. The van der Waals surface area contributed by atoms with Crippen molar-refractivity contribution in [3.8, 4) is 0 Å². The Hall–Kier alpha value is -1.80. The Morgan fingerprint density at radius 3 is 2.10 bits per heavy atom. The molecule has 0 atom stereocenters. The summed E-state index contributed by atoms with van der Waals surface area (Å²) in [5.41, 5.74) is 4.10. The third-order valence-electron chi connectivity index (χ3n) is 4.66. The normalized spacial score (nSPS) is 18.3. The molecule has 4 rings (SSSR count). The lowest BCUT2D eigenvalue weighted by Gasteiger charge is -2.29. The quantitative estimate of drug-likeness (QED) is 0.891. The van der Waals surface area contributed by atoms with Crippen LogP contribution in [0.25, 0.3) is 0 Å². The van der Waals surface area contributed by atoms with Crippen LogP contribution >= 0.6 is 0 Å². The Morgan fingerprint density at radius 1 is 0.857 bits per heavy atom. The minimum Gasteiger partial charge on any atom is -0.341 e. The highest BCUT2D eigenvalue weighted by Gasteiger charge is 2.25. The molecule has 1 saturated heterocycles. The van der Waals surface area contributed by atoms with Crippen LogP contribution in [0.1, 0.15) is 24.3 Å². The molecule has 108 valence electrons. The number of hydrogen-bond donors (Lipinski definition) is 1. The number of nitrogens with zero attached hydrogens (tertiary/aromatic N) is 1. The van der Waals surface area contributed by atoms with Crippen LogP contribution in [-0.2, 0) is 0 Å².